The maximum absolute atomic E-state index is 12.6. The fraction of sp³-hybridized carbons (Fsp3) is 0.958. The first-order valence-corrected chi connectivity index (χ1v) is 12.8. The third-order valence-electron chi connectivity index (χ3n) is 10.1. The molecule has 0 aromatic heterocycles. The molecule has 0 spiro atoms. The summed E-state index contributed by atoms with van der Waals surface area (Å²) in [4.78, 5) is 12.6. The molecule has 1 saturated heterocycles. The summed E-state index contributed by atoms with van der Waals surface area (Å²) in [6.45, 7) is 10.0. The molecule has 3 heteroatoms. The SMILES string of the molecule is C[C@H]1C[C@@H]2[C@H](CC[C@]3(C)C(=O)CC[C@@H]23)[C@@]2(C)CC[C@@H](SC3CCNC3)CC12. The van der Waals surface area contributed by atoms with Gasteiger partial charge in [0.2, 0.25) is 0 Å². The number of hydrogen-bond acceptors (Lipinski definition) is 3. The van der Waals surface area contributed by atoms with Gasteiger partial charge in [-0.3, -0.25) is 4.79 Å². The number of Topliss-reactive ketones (excluding diaryl/α,β-unsaturated/α-hetero) is 1. The van der Waals surface area contributed by atoms with Crippen molar-refractivity contribution in [1.82, 2.24) is 5.32 Å². The van der Waals surface area contributed by atoms with Gasteiger partial charge in [0.1, 0.15) is 5.78 Å². The molecule has 27 heavy (non-hydrogen) atoms. The third kappa shape index (κ3) is 2.88. The summed E-state index contributed by atoms with van der Waals surface area (Å²) in [6, 6.07) is 0. The van der Waals surface area contributed by atoms with E-state index >= 15 is 0 Å². The highest BCUT2D eigenvalue weighted by atomic mass is 32.2. The number of fused-ring (bicyclic) bond motifs is 5. The molecule has 2 nitrogen and oxygen atoms in total. The summed E-state index contributed by atoms with van der Waals surface area (Å²) in [6.07, 6.45) is 11.7. The number of rotatable bonds is 2. The van der Waals surface area contributed by atoms with E-state index in [9.17, 15) is 4.79 Å². The summed E-state index contributed by atoms with van der Waals surface area (Å²) in [7, 11) is 0. The predicted molar refractivity (Wildman–Crippen MR) is 114 cm³/mol. The van der Waals surface area contributed by atoms with Gasteiger partial charge in [-0.1, -0.05) is 20.8 Å². The zero-order valence-electron chi connectivity index (χ0n) is 17.6. The maximum Gasteiger partial charge on any atom is 0.139 e. The van der Waals surface area contributed by atoms with Gasteiger partial charge in [-0.05, 0) is 92.9 Å². The van der Waals surface area contributed by atoms with Crippen LogP contribution in [0.15, 0.2) is 0 Å². The molecular formula is C24H39NOS. The van der Waals surface area contributed by atoms with Crippen LogP contribution in [0, 0.1) is 40.4 Å². The number of nitrogens with one attached hydrogen (secondary N) is 1. The van der Waals surface area contributed by atoms with Crippen molar-refractivity contribution in [3.05, 3.63) is 0 Å². The van der Waals surface area contributed by atoms with Crippen molar-refractivity contribution < 1.29 is 4.79 Å². The average Bonchev–Trinajstić information content (AvgIpc) is 3.25. The van der Waals surface area contributed by atoms with Crippen molar-refractivity contribution in [3.63, 3.8) is 0 Å². The van der Waals surface area contributed by atoms with E-state index in [-0.39, 0.29) is 5.41 Å². The number of carbonyl (C=O) groups is 1. The zero-order valence-corrected chi connectivity index (χ0v) is 18.5. The lowest BCUT2D eigenvalue weighted by Gasteiger charge is -2.62. The molecule has 0 amide bonds. The lowest BCUT2D eigenvalue weighted by atomic mass is 9.43. The molecule has 152 valence electrons. The van der Waals surface area contributed by atoms with E-state index in [4.69, 9.17) is 0 Å². The standard InChI is InChI=1S/C24H39NOS/c1-15-12-18-19-4-5-22(26)24(19,3)10-7-20(18)23(2)9-6-16(13-21(15)23)27-17-8-11-25-14-17/h15-21,25H,4-14H2,1-3H3/t15-,16+,17?,18-,19-,20-,21?,23+,24-/m0/s1. The smallest absolute Gasteiger partial charge is 0.139 e. The summed E-state index contributed by atoms with van der Waals surface area (Å²) in [5.74, 6) is 4.77. The molecule has 0 bridgehead atoms. The van der Waals surface area contributed by atoms with E-state index in [0.717, 1.165) is 40.6 Å². The number of thioether (sulfide) groups is 1. The molecule has 4 aliphatic carbocycles. The van der Waals surface area contributed by atoms with Crippen LogP contribution in [0.3, 0.4) is 0 Å². The van der Waals surface area contributed by atoms with Crippen molar-refractivity contribution in [1.29, 1.82) is 0 Å². The fourth-order valence-corrected chi connectivity index (χ4v) is 10.2. The molecule has 1 N–H and O–H groups in total. The highest BCUT2D eigenvalue weighted by Gasteiger charge is 2.61. The van der Waals surface area contributed by atoms with E-state index in [2.05, 4.69) is 37.8 Å². The number of hydrogen-bond donors (Lipinski definition) is 1. The molecular weight excluding hydrogens is 350 g/mol. The largest absolute Gasteiger partial charge is 0.316 e. The van der Waals surface area contributed by atoms with Gasteiger partial charge in [0.25, 0.3) is 0 Å². The van der Waals surface area contributed by atoms with E-state index in [1.165, 1.54) is 64.5 Å². The van der Waals surface area contributed by atoms with Crippen LogP contribution >= 0.6 is 11.8 Å². The number of carbonyl (C=O) groups excluding carboxylic acids is 1. The van der Waals surface area contributed by atoms with E-state index in [1.807, 2.05) is 0 Å². The molecule has 0 aromatic carbocycles. The lowest BCUT2D eigenvalue weighted by Crippen LogP contribution is -2.56. The molecule has 1 aliphatic heterocycles. The predicted octanol–water partition coefficient (Wildman–Crippen LogP) is 5.31. The quantitative estimate of drug-likeness (QED) is 0.694. The molecule has 9 atom stereocenters. The van der Waals surface area contributed by atoms with E-state index in [1.54, 1.807) is 0 Å². The Labute approximate surface area is 170 Å². The van der Waals surface area contributed by atoms with Crippen molar-refractivity contribution in [3.8, 4) is 0 Å². The van der Waals surface area contributed by atoms with Gasteiger partial charge in [0.15, 0.2) is 0 Å². The third-order valence-corrected chi connectivity index (χ3v) is 11.7. The molecule has 5 fully saturated rings. The topological polar surface area (TPSA) is 29.1 Å². The molecule has 5 aliphatic rings. The zero-order chi connectivity index (χ0) is 18.8. The van der Waals surface area contributed by atoms with Crippen LogP contribution in [0.5, 0.6) is 0 Å². The van der Waals surface area contributed by atoms with Gasteiger partial charge in [0.05, 0.1) is 0 Å². The minimum absolute atomic E-state index is 0.0343. The van der Waals surface area contributed by atoms with Gasteiger partial charge in [-0.2, -0.15) is 11.8 Å². The first-order chi connectivity index (χ1) is 12.9. The monoisotopic (exact) mass is 389 g/mol. The van der Waals surface area contributed by atoms with Crippen molar-refractivity contribution in [2.75, 3.05) is 13.1 Å². The Kier molecular flexibility index (Phi) is 4.75. The van der Waals surface area contributed by atoms with E-state index < -0.39 is 0 Å². The fourth-order valence-electron chi connectivity index (χ4n) is 8.61. The second-order valence-corrected chi connectivity index (χ2v) is 12.9. The van der Waals surface area contributed by atoms with Gasteiger partial charge in [-0.25, -0.2) is 0 Å². The molecule has 1 heterocycles. The van der Waals surface area contributed by atoms with E-state index in [0.29, 0.717) is 17.1 Å². The molecule has 4 saturated carbocycles. The summed E-state index contributed by atoms with van der Waals surface area (Å²) in [5, 5.41) is 5.32. The van der Waals surface area contributed by atoms with Crippen LogP contribution in [0.25, 0.3) is 0 Å². The lowest BCUT2D eigenvalue weighted by molar-refractivity contribution is -0.144. The summed E-state index contributed by atoms with van der Waals surface area (Å²) in [5.41, 5.74) is 0.576. The van der Waals surface area contributed by atoms with Crippen LogP contribution in [0.1, 0.15) is 78.6 Å². The van der Waals surface area contributed by atoms with Crippen LogP contribution in [0.4, 0.5) is 0 Å². The molecule has 0 radical (unpaired) electrons. The van der Waals surface area contributed by atoms with Gasteiger partial charge >= 0.3 is 0 Å². The maximum atomic E-state index is 12.6. The van der Waals surface area contributed by atoms with Gasteiger partial charge in [0, 0.05) is 28.9 Å². The second kappa shape index (κ2) is 6.76. The number of ketones is 1. The molecule has 2 unspecified atom stereocenters. The van der Waals surface area contributed by atoms with Crippen LogP contribution in [-0.4, -0.2) is 29.4 Å². The van der Waals surface area contributed by atoms with Crippen molar-refractivity contribution in [2.24, 2.45) is 40.4 Å². The minimum atomic E-state index is 0.0343. The normalized spacial score (nSPS) is 55.1. The Hall–Kier alpha value is -0.0200. The first kappa shape index (κ1) is 19.0. The molecule has 5 rings (SSSR count). The minimum Gasteiger partial charge on any atom is -0.316 e. The Morgan fingerprint density at radius 2 is 1.81 bits per heavy atom. The van der Waals surface area contributed by atoms with Crippen LogP contribution in [-0.2, 0) is 4.79 Å². The van der Waals surface area contributed by atoms with Crippen molar-refractivity contribution in [2.45, 2.75) is 89.1 Å². The Balaban J connectivity index is 1.35. The summed E-state index contributed by atoms with van der Waals surface area (Å²) >= 11 is 2.32. The van der Waals surface area contributed by atoms with Crippen LogP contribution < -0.4 is 5.32 Å². The highest BCUT2D eigenvalue weighted by molar-refractivity contribution is 8.00. The Morgan fingerprint density at radius 3 is 2.59 bits per heavy atom. The molecule has 0 aromatic rings. The van der Waals surface area contributed by atoms with Gasteiger partial charge < -0.3 is 5.32 Å². The highest BCUT2D eigenvalue weighted by Crippen LogP contribution is 2.67. The van der Waals surface area contributed by atoms with Crippen molar-refractivity contribution >= 4 is 17.5 Å². The Bertz CT molecular complexity index is 601. The first-order valence-electron chi connectivity index (χ1n) is 11.8. The van der Waals surface area contributed by atoms with Gasteiger partial charge in [-0.15, -0.1) is 0 Å². The summed E-state index contributed by atoms with van der Waals surface area (Å²) < 4.78 is 0. The van der Waals surface area contributed by atoms with Crippen LogP contribution in [0.2, 0.25) is 0 Å². The second-order valence-electron chi connectivity index (χ2n) is 11.3. The average molecular weight is 390 g/mol. The Morgan fingerprint density at radius 1 is 0.963 bits per heavy atom.